The SMILES string of the molecule is OCC1=CC=CC(CO)(CNCCCCCCOCCCSc2ccccc2)C1. The molecule has 162 valence electrons. The third-order valence-corrected chi connectivity index (χ3v) is 6.29. The van der Waals surface area contributed by atoms with E-state index >= 15 is 0 Å². The third kappa shape index (κ3) is 9.96. The number of unbranched alkanes of at least 4 members (excludes halogenated alkanes) is 3. The summed E-state index contributed by atoms with van der Waals surface area (Å²) in [6.45, 7) is 3.60. The molecule has 0 aliphatic heterocycles. The van der Waals surface area contributed by atoms with Gasteiger partial charge in [-0.15, -0.1) is 11.8 Å². The molecule has 0 amide bonds. The molecule has 2 rings (SSSR count). The molecule has 3 N–H and O–H groups in total. The maximum Gasteiger partial charge on any atom is 0.0645 e. The van der Waals surface area contributed by atoms with Crippen LogP contribution in [0.3, 0.4) is 0 Å². The summed E-state index contributed by atoms with van der Waals surface area (Å²) < 4.78 is 5.74. The van der Waals surface area contributed by atoms with Crippen LogP contribution in [0, 0.1) is 5.41 Å². The van der Waals surface area contributed by atoms with Gasteiger partial charge < -0.3 is 20.3 Å². The third-order valence-electron chi connectivity index (χ3n) is 5.19. The second-order valence-electron chi connectivity index (χ2n) is 7.76. The highest BCUT2D eigenvalue weighted by Crippen LogP contribution is 2.30. The molecule has 29 heavy (non-hydrogen) atoms. The molecule has 4 nitrogen and oxygen atoms in total. The molecule has 1 atom stereocenters. The van der Waals surface area contributed by atoms with Crippen LogP contribution in [-0.4, -0.2) is 55.5 Å². The number of aliphatic hydroxyl groups is 2. The second kappa shape index (κ2) is 14.8. The van der Waals surface area contributed by atoms with Gasteiger partial charge >= 0.3 is 0 Å². The minimum absolute atomic E-state index is 0.0695. The standard InChI is InChI=1S/C24H37NO3S/c26-19-22-10-8-13-24(18-22,21-27)20-25-14-6-1-2-7-15-28-16-9-17-29-23-11-4-3-5-12-23/h3-5,8,10-13,25-27H,1-2,6-7,9,14-21H2. The molecule has 1 aromatic rings. The van der Waals surface area contributed by atoms with Crippen molar-refractivity contribution >= 4 is 11.8 Å². The molecule has 0 aromatic heterocycles. The molecule has 1 unspecified atom stereocenters. The molecule has 5 heteroatoms. The summed E-state index contributed by atoms with van der Waals surface area (Å²) in [5, 5.41) is 22.6. The van der Waals surface area contributed by atoms with Crippen molar-refractivity contribution in [1.29, 1.82) is 0 Å². The van der Waals surface area contributed by atoms with Crippen LogP contribution in [-0.2, 0) is 4.74 Å². The Morgan fingerprint density at radius 2 is 1.79 bits per heavy atom. The van der Waals surface area contributed by atoms with E-state index in [1.54, 1.807) is 0 Å². The van der Waals surface area contributed by atoms with Crippen LogP contribution in [0.5, 0.6) is 0 Å². The van der Waals surface area contributed by atoms with Crippen molar-refractivity contribution in [2.45, 2.75) is 43.4 Å². The molecule has 0 bridgehead atoms. The fourth-order valence-corrected chi connectivity index (χ4v) is 4.32. The van der Waals surface area contributed by atoms with E-state index in [2.05, 4.69) is 35.7 Å². The van der Waals surface area contributed by atoms with Crippen LogP contribution in [0.25, 0.3) is 0 Å². The first-order valence-corrected chi connectivity index (χ1v) is 11.8. The molecule has 1 aliphatic rings. The fraction of sp³-hybridized carbons (Fsp3) is 0.583. The van der Waals surface area contributed by atoms with Crippen LogP contribution >= 0.6 is 11.8 Å². The Balaban J connectivity index is 1.38. The minimum atomic E-state index is -0.264. The monoisotopic (exact) mass is 419 g/mol. The van der Waals surface area contributed by atoms with Gasteiger partial charge in [0.05, 0.1) is 13.2 Å². The van der Waals surface area contributed by atoms with E-state index in [0.717, 1.165) is 63.3 Å². The first-order valence-electron chi connectivity index (χ1n) is 10.8. The van der Waals surface area contributed by atoms with Crippen molar-refractivity contribution in [2.24, 2.45) is 5.41 Å². The summed E-state index contributed by atoms with van der Waals surface area (Å²) in [5.74, 6) is 1.11. The summed E-state index contributed by atoms with van der Waals surface area (Å²) in [4.78, 5) is 1.33. The Hall–Kier alpha value is -1.11. The maximum atomic E-state index is 9.77. The number of aliphatic hydroxyl groups excluding tert-OH is 2. The average Bonchev–Trinajstić information content (AvgIpc) is 2.77. The zero-order valence-corrected chi connectivity index (χ0v) is 18.3. The van der Waals surface area contributed by atoms with Gasteiger partial charge in [-0.2, -0.15) is 0 Å². The number of allylic oxidation sites excluding steroid dienone is 2. The van der Waals surface area contributed by atoms with E-state index in [9.17, 15) is 10.2 Å². The van der Waals surface area contributed by atoms with Crippen molar-refractivity contribution in [2.75, 3.05) is 45.3 Å². The molecule has 0 heterocycles. The number of benzene rings is 1. The number of rotatable bonds is 16. The van der Waals surface area contributed by atoms with Gasteiger partial charge in [-0.05, 0) is 49.9 Å². The summed E-state index contributed by atoms with van der Waals surface area (Å²) in [7, 11) is 0. The van der Waals surface area contributed by atoms with Crippen molar-refractivity contribution in [3.63, 3.8) is 0 Å². The highest BCUT2D eigenvalue weighted by atomic mass is 32.2. The van der Waals surface area contributed by atoms with Crippen LogP contribution in [0.2, 0.25) is 0 Å². The average molecular weight is 420 g/mol. The summed E-state index contributed by atoms with van der Waals surface area (Å²) >= 11 is 1.89. The highest BCUT2D eigenvalue weighted by Gasteiger charge is 2.28. The van der Waals surface area contributed by atoms with Gasteiger partial charge in [-0.25, -0.2) is 0 Å². The highest BCUT2D eigenvalue weighted by molar-refractivity contribution is 7.99. The Kier molecular flexibility index (Phi) is 12.3. The second-order valence-corrected chi connectivity index (χ2v) is 8.93. The molecule has 1 aromatic carbocycles. The van der Waals surface area contributed by atoms with Gasteiger partial charge in [0.15, 0.2) is 0 Å². The Bertz CT molecular complexity index is 605. The van der Waals surface area contributed by atoms with Crippen LogP contribution in [0.15, 0.2) is 59.0 Å². The van der Waals surface area contributed by atoms with Gasteiger partial charge in [0.2, 0.25) is 0 Å². The van der Waals surface area contributed by atoms with E-state index in [1.807, 2.05) is 30.0 Å². The molecule has 0 saturated carbocycles. The van der Waals surface area contributed by atoms with Crippen molar-refractivity contribution in [3.8, 4) is 0 Å². The Labute approximate surface area is 180 Å². The van der Waals surface area contributed by atoms with Crippen LogP contribution in [0.4, 0.5) is 0 Å². The molecule has 0 saturated heterocycles. The van der Waals surface area contributed by atoms with E-state index in [4.69, 9.17) is 4.74 Å². The van der Waals surface area contributed by atoms with Gasteiger partial charge in [0.1, 0.15) is 0 Å². The lowest BCUT2D eigenvalue weighted by Gasteiger charge is -2.32. The van der Waals surface area contributed by atoms with E-state index in [-0.39, 0.29) is 18.6 Å². The molecular weight excluding hydrogens is 382 g/mol. The van der Waals surface area contributed by atoms with Gasteiger partial charge in [-0.1, -0.05) is 49.3 Å². The summed E-state index contributed by atoms with van der Waals surface area (Å²) in [5.41, 5.74) is 0.724. The predicted molar refractivity (Wildman–Crippen MR) is 122 cm³/mol. The predicted octanol–water partition coefficient (Wildman–Crippen LogP) is 4.19. The number of thioether (sulfide) groups is 1. The lowest BCUT2D eigenvalue weighted by atomic mass is 9.79. The van der Waals surface area contributed by atoms with Gasteiger partial charge in [0.25, 0.3) is 0 Å². The lowest BCUT2D eigenvalue weighted by Crippen LogP contribution is -2.37. The Morgan fingerprint density at radius 1 is 1.00 bits per heavy atom. The van der Waals surface area contributed by atoms with Gasteiger partial charge in [0, 0.05) is 35.8 Å². The first kappa shape index (κ1) is 24.2. The van der Waals surface area contributed by atoms with Crippen LogP contribution in [0.1, 0.15) is 38.5 Å². The van der Waals surface area contributed by atoms with Crippen molar-refractivity contribution in [1.82, 2.24) is 5.32 Å². The van der Waals surface area contributed by atoms with E-state index in [1.165, 1.54) is 17.7 Å². The Morgan fingerprint density at radius 3 is 2.59 bits per heavy atom. The molecular formula is C24H37NO3S. The molecule has 1 aliphatic carbocycles. The first-order chi connectivity index (χ1) is 14.3. The van der Waals surface area contributed by atoms with Crippen LogP contribution < -0.4 is 5.32 Å². The topological polar surface area (TPSA) is 61.7 Å². The molecule has 0 radical (unpaired) electrons. The molecule has 0 spiro atoms. The number of hydrogen-bond donors (Lipinski definition) is 3. The van der Waals surface area contributed by atoms with Crippen molar-refractivity contribution < 1.29 is 14.9 Å². The minimum Gasteiger partial charge on any atom is -0.395 e. The van der Waals surface area contributed by atoms with Crippen molar-refractivity contribution in [3.05, 3.63) is 54.1 Å². The quantitative estimate of drug-likeness (QED) is 0.277. The number of hydrogen-bond acceptors (Lipinski definition) is 5. The van der Waals surface area contributed by atoms with E-state index < -0.39 is 0 Å². The van der Waals surface area contributed by atoms with E-state index in [0.29, 0.717) is 0 Å². The lowest BCUT2D eigenvalue weighted by molar-refractivity contribution is 0.131. The zero-order chi connectivity index (χ0) is 20.6. The fourth-order valence-electron chi connectivity index (χ4n) is 3.47. The summed E-state index contributed by atoms with van der Waals surface area (Å²) in [6, 6.07) is 10.5. The largest absolute Gasteiger partial charge is 0.395 e. The molecule has 0 fully saturated rings. The normalized spacial score (nSPS) is 18.8. The number of ether oxygens (including phenoxy) is 1. The maximum absolute atomic E-state index is 9.77. The van der Waals surface area contributed by atoms with Gasteiger partial charge in [-0.3, -0.25) is 0 Å². The summed E-state index contributed by atoms with van der Waals surface area (Å²) in [6.07, 6.45) is 12.4. The zero-order valence-electron chi connectivity index (χ0n) is 17.5. The smallest absolute Gasteiger partial charge is 0.0645 e. The number of nitrogens with one attached hydrogen (secondary N) is 1.